The summed E-state index contributed by atoms with van der Waals surface area (Å²) in [6, 6.07) is 16.2. The molecule has 2 aliphatic heterocycles. The molecule has 2 amide bonds. The van der Waals surface area contributed by atoms with Gasteiger partial charge < -0.3 is 0 Å². The van der Waals surface area contributed by atoms with Crippen molar-refractivity contribution >= 4 is 23.4 Å². The topological polar surface area (TPSA) is 65.2 Å². The van der Waals surface area contributed by atoms with Gasteiger partial charge in [-0.1, -0.05) is 62.7 Å². The number of rotatable bonds is 4. The summed E-state index contributed by atoms with van der Waals surface area (Å²) in [4.78, 5) is 34.5. The van der Waals surface area contributed by atoms with Crippen LogP contribution in [0.4, 0.5) is 0 Å². The van der Waals surface area contributed by atoms with Crippen LogP contribution in [0.2, 0.25) is 5.02 Å². The van der Waals surface area contributed by atoms with Gasteiger partial charge in [0.25, 0.3) is 11.8 Å². The summed E-state index contributed by atoms with van der Waals surface area (Å²) in [5.74, 6) is 0.0573. The first-order valence-electron chi connectivity index (χ1n) is 10.0. The summed E-state index contributed by atoms with van der Waals surface area (Å²) in [6.45, 7) is 9.86. The fourth-order valence-electron chi connectivity index (χ4n) is 2.83. The van der Waals surface area contributed by atoms with E-state index >= 15 is 0 Å². The summed E-state index contributed by atoms with van der Waals surface area (Å²) in [6.07, 6.45) is 0.767. The number of halogens is 1. The second-order valence-corrected chi connectivity index (χ2v) is 8.37. The first kappa shape index (κ1) is 22.3. The lowest BCUT2D eigenvalue weighted by Crippen LogP contribution is -2.25. The SMILES string of the molecule is CC(C)C1(C)ON1C(=O)c1ccccc1.CCC1(C)ON1C(=O)c1ccccc1Cl. The highest BCUT2D eigenvalue weighted by Crippen LogP contribution is 2.42. The number of benzene rings is 2. The Bertz CT molecular complexity index is 936. The second-order valence-electron chi connectivity index (χ2n) is 7.97. The zero-order valence-electron chi connectivity index (χ0n) is 17.9. The lowest BCUT2D eigenvalue weighted by molar-refractivity contribution is 0.0706. The number of hydrogen-bond donors (Lipinski definition) is 0. The maximum absolute atomic E-state index is 11.9. The molecule has 0 bridgehead atoms. The lowest BCUT2D eigenvalue weighted by atomic mass is 10.0. The average molecular weight is 431 g/mol. The van der Waals surface area contributed by atoms with Gasteiger partial charge in [0.2, 0.25) is 0 Å². The van der Waals surface area contributed by atoms with Gasteiger partial charge in [0.15, 0.2) is 11.4 Å². The van der Waals surface area contributed by atoms with E-state index in [0.29, 0.717) is 22.1 Å². The predicted molar refractivity (Wildman–Crippen MR) is 114 cm³/mol. The van der Waals surface area contributed by atoms with E-state index < -0.39 is 11.4 Å². The zero-order valence-corrected chi connectivity index (χ0v) is 18.6. The van der Waals surface area contributed by atoms with Crippen LogP contribution in [0.15, 0.2) is 54.6 Å². The maximum Gasteiger partial charge on any atom is 0.281 e. The Labute approximate surface area is 182 Å². The molecule has 2 fully saturated rings. The summed E-state index contributed by atoms with van der Waals surface area (Å²) in [5, 5.41) is 3.28. The van der Waals surface area contributed by atoms with Crippen LogP contribution in [-0.4, -0.2) is 33.4 Å². The Morgan fingerprint density at radius 1 is 0.933 bits per heavy atom. The van der Waals surface area contributed by atoms with E-state index in [-0.39, 0.29) is 11.8 Å². The van der Waals surface area contributed by atoms with Crippen molar-refractivity contribution in [2.75, 3.05) is 0 Å². The first-order chi connectivity index (χ1) is 14.1. The van der Waals surface area contributed by atoms with E-state index in [1.807, 2.05) is 52.8 Å². The molecule has 4 rings (SSSR count). The van der Waals surface area contributed by atoms with Crippen LogP contribution < -0.4 is 0 Å². The Kier molecular flexibility index (Phi) is 6.22. The molecule has 0 aliphatic carbocycles. The standard InChI is InChI=1S/C12H15NO2.C11H12ClNO2/c1-9(2)12(3)13(15-12)11(14)10-7-5-4-6-8-10;1-3-11(2)13(15-11)10(14)8-6-4-5-7-9(8)12/h4-9H,1-3H3;4-7H,3H2,1-2H3. The van der Waals surface area contributed by atoms with E-state index in [0.717, 1.165) is 6.42 Å². The number of hydrogen-bond acceptors (Lipinski definition) is 4. The Morgan fingerprint density at radius 3 is 2.03 bits per heavy atom. The number of amides is 2. The number of carbonyl (C=O) groups excluding carboxylic acids is 2. The zero-order chi connectivity index (χ0) is 22.1. The maximum atomic E-state index is 11.9. The van der Waals surface area contributed by atoms with Gasteiger partial charge in [0, 0.05) is 11.5 Å². The summed E-state index contributed by atoms with van der Waals surface area (Å²) < 4.78 is 0. The molecule has 2 atom stereocenters. The van der Waals surface area contributed by atoms with Crippen LogP contribution in [0.1, 0.15) is 61.8 Å². The van der Waals surface area contributed by atoms with E-state index in [2.05, 4.69) is 0 Å². The van der Waals surface area contributed by atoms with Crippen LogP contribution in [0, 0.1) is 5.92 Å². The monoisotopic (exact) mass is 430 g/mol. The molecule has 7 heteroatoms. The number of carbonyl (C=O) groups is 2. The van der Waals surface area contributed by atoms with Crippen LogP contribution in [-0.2, 0) is 9.68 Å². The molecular formula is C23H27ClN2O4. The molecule has 0 saturated carbocycles. The van der Waals surface area contributed by atoms with Gasteiger partial charge in [-0.2, -0.15) is 10.1 Å². The first-order valence-corrected chi connectivity index (χ1v) is 10.4. The average Bonchev–Trinajstić information content (AvgIpc) is 3.64. The van der Waals surface area contributed by atoms with Crippen molar-refractivity contribution < 1.29 is 19.3 Å². The second kappa shape index (κ2) is 8.38. The van der Waals surface area contributed by atoms with Crippen molar-refractivity contribution in [3.63, 3.8) is 0 Å². The van der Waals surface area contributed by atoms with E-state index in [1.165, 1.54) is 10.1 Å². The molecule has 2 aromatic carbocycles. The van der Waals surface area contributed by atoms with Crippen molar-refractivity contribution in [2.24, 2.45) is 5.92 Å². The highest BCUT2D eigenvalue weighted by Gasteiger charge is 2.56. The molecule has 0 N–H and O–H groups in total. The predicted octanol–water partition coefficient (Wildman–Crippen LogP) is 5.30. The van der Waals surface area contributed by atoms with Crippen molar-refractivity contribution in [2.45, 2.75) is 52.5 Å². The summed E-state index contributed by atoms with van der Waals surface area (Å²) in [7, 11) is 0. The van der Waals surface area contributed by atoms with E-state index in [4.69, 9.17) is 21.3 Å². The number of nitrogens with zero attached hydrogens (tertiary/aromatic N) is 2. The molecule has 2 heterocycles. The summed E-state index contributed by atoms with van der Waals surface area (Å²) in [5.41, 5.74) is 0.279. The van der Waals surface area contributed by atoms with Gasteiger partial charge in [-0.05, 0) is 44.5 Å². The third-order valence-electron chi connectivity index (χ3n) is 5.55. The van der Waals surface area contributed by atoms with Crippen LogP contribution in [0.5, 0.6) is 0 Å². The fraction of sp³-hybridized carbons (Fsp3) is 0.391. The van der Waals surface area contributed by atoms with Crippen LogP contribution in [0.25, 0.3) is 0 Å². The Hall–Kier alpha value is -2.41. The molecule has 6 nitrogen and oxygen atoms in total. The molecule has 0 aromatic heterocycles. The Balaban J connectivity index is 0.000000171. The van der Waals surface area contributed by atoms with Crippen molar-refractivity contribution in [3.8, 4) is 0 Å². The quantitative estimate of drug-likeness (QED) is 0.617. The Morgan fingerprint density at radius 2 is 1.53 bits per heavy atom. The van der Waals surface area contributed by atoms with Crippen molar-refractivity contribution in [1.29, 1.82) is 0 Å². The smallest absolute Gasteiger partial charge is 0.267 e. The molecule has 2 saturated heterocycles. The molecular weight excluding hydrogens is 404 g/mol. The minimum atomic E-state index is -0.448. The van der Waals surface area contributed by atoms with Gasteiger partial charge in [-0.25, -0.2) is 9.68 Å². The third-order valence-corrected chi connectivity index (χ3v) is 5.88. The van der Waals surface area contributed by atoms with Crippen molar-refractivity contribution in [1.82, 2.24) is 10.1 Å². The fourth-order valence-corrected chi connectivity index (χ4v) is 3.05. The van der Waals surface area contributed by atoms with Gasteiger partial charge >= 0.3 is 0 Å². The molecule has 2 unspecified atom stereocenters. The van der Waals surface area contributed by atoms with Gasteiger partial charge in [-0.15, -0.1) is 0 Å². The minimum absolute atomic E-state index is 0.0631. The molecule has 30 heavy (non-hydrogen) atoms. The highest BCUT2D eigenvalue weighted by atomic mass is 35.5. The van der Waals surface area contributed by atoms with Crippen LogP contribution in [0.3, 0.4) is 0 Å². The van der Waals surface area contributed by atoms with Crippen LogP contribution >= 0.6 is 11.6 Å². The normalized spacial score (nSPS) is 24.2. The molecule has 0 radical (unpaired) electrons. The van der Waals surface area contributed by atoms with Gasteiger partial charge in [0.05, 0.1) is 10.6 Å². The summed E-state index contributed by atoms with van der Waals surface area (Å²) >= 11 is 5.92. The third kappa shape index (κ3) is 4.36. The van der Waals surface area contributed by atoms with Crippen molar-refractivity contribution in [3.05, 3.63) is 70.7 Å². The molecule has 2 aromatic rings. The minimum Gasteiger partial charge on any atom is -0.267 e. The van der Waals surface area contributed by atoms with Gasteiger partial charge in [0.1, 0.15) is 0 Å². The van der Waals surface area contributed by atoms with E-state index in [9.17, 15) is 9.59 Å². The molecule has 2 aliphatic rings. The van der Waals surface area contributed by atoms with E-state index in [1.54, 1.807) is 36.4 Å². The number of hydroxylamine groups is 4. The lowest BCUT2D eigenvalue weighted by Gasteiger charge is -2.08. The largest absolute Gasteiger partial charge is 0.281 e. The van der Waals surface area contributed by atoms with Gasteiger partial charge in [-0.3, -0.25) is 9.59 Å². The highest BCUT2D eigenvalue weighted by molar-refractivity contribution is 6.33. The molecule has 0 spiro atoms. The molecule has 160 valence electrons.